The minimum atomic E-state index is -1.18. The third-order valence-electron chi connectivity index (χ3n) is 15.0. The first kappa shape index (κ1) is 49.4. The van der Waals surface area contributed by atoms with Crippen LogP contribution in [0.4, 0.5) is 22.7 Å². The molecule has 0 bridgehead atoms. The van der Waals surface area contributed by atoms with Crippen molar-refractivity contribution in [1.29, 1.82) is 0 Å². The summed E-state index contributed by atoms with van der Waals surface area (Å²) in [5, 5.41) is 39.1. The van der Waals surface area contributed by atoms with Gasteiger partial charge in [-0.15, -0.1) is 12.2 Å². The predicted octanol–water partition coefficient (Wildman–Crippen LogP) is 14.3. The number of rotatable bonds is 28. The van der Waals surface area contributed by atoms with E-state index in [1.54, 1.807) is 0 Å². The zero-order valence-corrected chi connectivity index (χ0v) is 41.2. The second kappa shape index (κ2) is 24.5. The highest BCUT2D eigenvalue weighted by molar-refractivity contribution is 6.19. The smallest absolute Gasteiger partial charge is 0.0526 e. The molecule has 6 heteroatoms. The van der Waals surface area contributed by atoms with Crippen LogP contribution in [-0.2, 0) is 0 Å². The Hall–Kier alpha value is -4.52. The second-order valence-corrected chi connectivity index (χ2v) is 19.8. The Kier molecular flexibility index (Phi) is 18.3. The molecule has 6 aromatic carbocycles. The van der Waals surface area contributed by atoms with Crippen LogP contribution in [0.25, 0.3) is 43.1 Å². The van der Waals surface area contributed by atoms with E-state index in [2.05, 4.69) is 110 Å². The van der Waals surface area contributed by atoms with Crippen molar-refractivity contribution in [3.05, 3.63) is 96.1 Å². The summed E-state index contributed by atoms with van der Waals surface area (Å²) in [4.78, 5) is 5.22. The van der Waals surface area contributed by atoms with Gasteiger partial charge in [-0.3, -0.25) is 0 Å². The SMILES string of the molecule is CCCCCCCN(CCCCCCC)c1c2ccccc2c(C2C([O-])C(c3c4ccccc4c(N(CCCCCCC)CCCCCCC)c4cccc(N)c34)C2[O-])c2c(N)cccc12. The number of fused-ring (bicyclic) bond motifs is 4. The van der Waals surface area contributed by atoms with Gasteiger partial charge in [0.1, 0.15) is 0 Å². The van der Waals surface area contributed by atoms with Crippen molar-refractivity contribution in [2.24, 2.45) is 0 Å². The van der Waals surface area contributed by atoms with Crippen LogP contribution in [0.1, 0.15) is 179 Å². The van der Waals surface area contributed by atoms with E-state index in [0.29, 0.717) is 11.4 Å². The Bertz CT molecular complexity index is 2260. The molecule has 1 aliphatic rings. The Labute approximate surface area is 398 Å². The van der Waals surface area contributed by atoms with E-state index in [-0.39, 0.29) is 0 Å². The summed E-state index contributed by atoms with van der Waals surface area (Å²) in [7, 11) is 0. The van der Waals surface area contributed by atoms with Gasteiger partial charge < -0.3 is 31.5 Å². The third kappa shape index (κ3) is 10.8. The lowest BCUT2D eigenvalue weighted by molar-refractivity contribution is -0.535. The van der Waals surface area contributed by atoms with E-state index in [4.69, 9.17) is 11.5 Å². The van der Waals surface area contributed by atoms with Crippen LogP contribution < -0.4 is 31.5 Å². The molecular weight excluding hydrogens is 809 g/mol. The van der Waals surface area contributed by atoms with E-state index in [1.807, 2.05) is 12.1 Å². The van der Waals surface area contributed by atoms with Gasteiger partial charge in [0.15, 0.2) is 0 Å². The molecule has 1 saturated carbocycles. The van der Waals surface area contributed by atoms with Gasteiger partial charge >= 0.3 is 0 Å². The number of anilines is 4. The lowest BCUT2D eigenvalue weighted by atomic mass is 9.60. The van der Waals surface area contributed by atoms with Crippen molar-refractivity contribution in [3.63, 3.8) is 0 Å². The molecule has 6 nitrogen and oxygen atoms in total. The summed E-state index contributed by atoms with van der Waals surface area (Å²) < 4.78 is 0. The summed E-state index contributed by atoms with van der Waals surface area (Å²) in [6.07, 6.45) is 22.0. The zero-order valence-electron chi connectivity index (χ0n) is 41.2. The van der Waals surface area contributed by atoms with Gasteiger partial charge in [-0.1, -0.05) is 203 Å². The molecule has 0 heterocycles. The largest absolute Gasteiger partial charge is 0.851 e. The Morgan fingerprint density at radius 1 is 0.364 bits per heavy atom. The fourth-order valence-corrected chi connectivity index (χ4v) is 11.5. The van der Waals surface area contributed by atoms with Crippen LogP contribution in [0.2, 0.25) is 0 Å². The molecule has 356 valence electrons. The number of nitrogen functional groups attached to an aromatic ring is 2. The molecule has 0 saturated heterocycles. The first-order valence-corrected chi connectivity index (χ1v) is 26.6. The van der Waals surface area contributed by atoms with Gasteiger partial charge in [-0.2, -0.15) is 0 Å². The molecule has 4 N–H and O–H groups in total. The fraction of sp³-hybridized carbons (Fsp3) is 0.533. The molecule has 66 heavy (non-hydrogen) atoms. The molecule has 0 atom stereocenters. The van der Waals surface area contributed by atoms with Crippen LogP contribution >= 0.6 is 0 Å². The highest BCUT2D eigenvalue weighted by Gasteiger charge is 2.42. The molecule has 1 fully saturated rings. The van der Waals surface area contributed by atoms with Crippen molar-refractivity contribution >= 4 is 65.8 Å². The summed E-state index contributed by atoms with van der Waals surface area (Å²) >= 11 is 0. The Morgan fingerprint density at radius 2 is 0.652 bits per heavy atom. The number of benzene rings is 6. The third-order valence-corrected chi connectivity index (χ3v) is 15.0. The topological polar surface area (TPSA) is 105 Å². The number of hydrogen-bond donors (Lipinski definition) is 2. The normalized spacial score (nSPS) is 17.3. The number of hydrogen-bond acceptors (Lipinski definition) is 6. The zero-order chi connectivity index (χ0) is 46.4. The number of unbranched alkanes of at least 4 members (excludes halogenated alkanes) is 16. The first-order chi connectivity index (χ1) is 32.4. The lowest BCUT2D eigenvalue weighted by Gasteiger charge is -2.62. The monoisotopic (exact) mass is 891 g/mol. The number of nitrogens with zero attached hydrogens (tertiary/aromatic N) is 2. The summed E-state index contributed by atoms with van der Waals surface area (Å²) in [6, 6.07) is 29.5. The van der Waals surface area contributed by atoms with Gasteiger partial charge in [0.05, 0.1) is 11.4 Å². The van der Waals surface area contributed by atoms with Crippen LogP contribution in [0.15, 0.2) is 84.9 Å². The molecule has 6 aromatic rings. The summed E-state index contributed by atoms with van der Waals surface area (Å²) in [5.74, 6) is -1.53. The maximum Gasteiger partial charge on any atom is 0.0526 e. The first-order valence-electron chi connectivity index (χ1n) is 26.6. The van der Waals surface area contributed by atoms with Crippen LogP contribution in [0.5, 0.6) is 0 Å². The van der Waals surface area contributed by atoms with Gasteiger partial charge in [-0.25, -0.2) is 0 Å². The van der Waals surface area contributed by atoms with E-state index in [0.717, 1.165) is 106 Å². The Balaban J connectivity index is 1.33. The standard InChI is InChI=1S/C60H82N4O2/c1-5-9-13-17-25-39-63(40-26-18-14-10-6-2)57-45-33-23-21-31-43(45)53(51-47(57)35-29-37-49(51)61)55-59(65)56(60(55)66)54-44-32-22-24-34-46(44)58(48-36-30-38-50(62)52(48)54)64(41-27-19-15-11-7-3)42-28-20-16-12-8-4/h21-24,29-38,55-56,59-60H,5-20,25-28,39-42,61-62H2,1-4H3/q-2. The molecule has 0 spiro atoms. The van der Waals surface area contributed by atoms with Gasteiger partial charge in [-0.05, 0) is 71.6 Å². The molecule has 7 rings (SSSR count). The summed E-state index contributed by atoms with van der Waals surface area (Å²) in [6.45, 7) is 13.0. The van der Waals surface area contributed by atoms with Crippen LogP contribution in [-0.4, -0.2) is 38.4 Å². The van der Waals surface area contributed by atoms with Crippen molar-refractivity contribution in [1.82, 2.24) is 0 Å². The average Bonchev–Trinajstić information content (AvgIpc) is 3.33. The maximum absolute atomic E-state index is 15.5. The Morgan fingerprint density at radius 3 is 0.970 bits per heavy atom. The fourth-order valence-electron chi connectivity index (χ4n) is 11.5. The van der Waals surface area contributed by atoms with Crippen molar-refractivity contribution in [2.75, 3.05) is 47.4 Å². The molecule has 0 aromatic heterocycles. The average molecular weight is 891 g/mol. The van der Waals surface area contributed by atoms with Crippen LogP contribution in [0.3, 0.4) is 0 Å². The van der Waals surface area contributed by atoms with Gasteiger partial charge in [0, 0.05) is 69.9 Å². The second-order valence-electron chi connectivity index (χ2n) is 19.8. The van der Waals surface area contributed by atoms with Crippen molar-refractivity contribution < 1.29 is 10.2 Å². The van der Waals surface area contributed by atoms with E-state index >= 15 is 10.2 Å². The van der Waals surface area contributed by atoms with E-state index < -0.39 is 24.0 Å². The maximum atomic E-state index is 15.5. The minimum Gasteiger partial charge on any atom is -0.851 e. The van der Waals surface area contributed by atoms with E-state index in [1.165, 1.54) is 114 Å². The highest BCUT2D eigenvalue weighted by atomic mass is 16.3. The van der Waals surface area contributed by atoms with Crippen LogP contribution in [0, 0.1) is 0 Å². The molecule has 0 radical (unpaired) electrons. The predicted molar refractivity (Wildman–Crippen MR) is 284 cm³/mol. The molecule has 0 unspecified atom stereocenters. The molecule has 0 aliphatic heterocycles. The highest BCUT2D eigenvalue weighted by Crippen LogP contribution is 2.56. The molecule has 1 aliphatic carbocycles. The number of nitrogens with two attached hydrogens (primary N) is 2. The summed E-state index contributed by atoms with van der Waals surface area (Å²) in [5.41, 5.74) is 19.5. The van der Waals surface area contributed by atoms with Gasteiger partial charge in [0.25, 0.3) is 0 Å². The van der Waals surface area contributed by atoms with Gasteiger partial charge in [0.2, 0.25) is 0 Å². The van der Waals surface area contributed by atoms with E-state index in [9.17, 15) is 0 Å². The van der Waals surface area contributed by atoms with Crippen molar-refractivity contribution in [2.45, 2.75) is 180 Å². The van der Waals surface area contributed by atoms with Crippen molar-refractivity contribution in [3.8, 4) is 0 Å². The lowest BCUT2D eigenvalue weighted by Crippen LogP contribution is -2.63. The molecular formula is C60H82N4O2-2. The quantitative estimate of drug-likeness (QED) is 0.0289. The molecule has 0 amide bonds. The minimum absolute atomic E-state index is 0.636.